The van der Waals surface area contributed by atoms with Crippen LogP contribution in [0.4, 0.5) is 5.82 Å². The largest absolute Gasteiger partial charge is 0.391 e. The standard InChI is InChI=1S/C13H17N3O3/c1-9-4-2-6-11(14-9)15-12(18)13(19)16-7-3-5-10(17)8-16/h2,4,6,10,17H,3,5,7-8H2,1H3,(H,14,15,18)/t10-/m1/s1. The number of nitrogens with one attached hydrogen (secondary N) is 1. The highest BCUT2D eigenvalue weighted by atomic mass is 16.3. The zero-order valence-corrected chi connectivity index (χ0v) is 10.8. The van der Waals surface area contributed by atoms with Gasteiger partial charge >= 0.3 is 11.8 Å². The van der Waals surface area contributed by atoms with E-state index in [4.69, 9.17) is 0 Å². The molecule has 19 heavy (non-hydrogen) atoms. The van der Waals surface area contributed by atoms with Gasteiger partial charge in [-0.2, -0.15) is 0 Å². The zero-order valence-electron chi connectivity index (χ0n) is 10.8. The first-order valence-electron chi connectivity index (χ1n) is 6.28. The number of aliphatic hydroxyl groups is 1. The molecule has 6 nitrogen and oxygen atoms in total. The van der Waals surface area contributed by atoms with Crippen molar-refractivity contribution in [3.05, 3.63) is 23.9 Å². The third-order valence-corrected chi connectivity index (χ3v) is 3.01. The summed E-state index contributed by atoms with van der Waals surface area (Å²) in [5, 5.41) is 12.0. The Morgan fingerprint density at radius 1 is 1.47 bits per heavy atom. The van der Waals surface area contributed by atoms with Gasteiger partial charge in [0.15, 0.2) is 0 Å². The summed E-state index contributed by atoms with van der Waals surface area (Å²) in [6, 6.07) is 5.19. The van der Waals surface area contributed by atoms with Crippen LogP contribution in [0.25, 0.3) is 0 Å². The number of anilines is 1. The van der Waals surface area contributed by atoms with E-state index >= 15 is 0 Å². The number of aliphatic hydroxyl groups excluding tert-OH is 1. The van der Waals surface area contributed by atoms with Crippen molar-refractivity contribution in [2.45, 2.75) is 25.9 Å². The van der Waals surface area contributed by atoms with E-state index < -0.39 is 17.9 Å². The lowest BCUT2D eigenvalue weighted by Gasteiger charge is -2.29. The first kappa shape index (κ1) is 13.5. The van der Waals surface area contributed by atoms with Crippen molar-refractivity contribution >= 4 is 17.6 Å². The summed E-state index contributed by atoms with van der Waals surface area (Å²) in [5.74, 6) is -0.981. The van der Waals surface area contributed by atoms with Crippen LogP contribution in [0.15, 0.2) is 18.2 Å². The molecular formula is C13H17N3O3. The number of hydrogen-bond donors (Lipinski definition) is 2. The Balaban J connectivity index is 1.97. The molecule has 2 rings (SSSR count). The van der Waals surface area contributed by atoms with Crippen molar-refractivity contribution in [3.8, 4) is 0 Å². The van der Waals surface area contributed by atoms with Crippen LogP contribution in [0.1, 0.15) is 18.5 Å². The Kier molecular flexibility index (Phi) is 4.11. The van der Waals surface area contributed by atoms with Crippen molar-refractivity contribution in [1.29, 1.82) is 0 Å². The highest BCUT2D eigenvalue weighted by Gasteiger charge is 2.27. The second-order valence-corrected chi connectivity index (χ2v) is 4.67. The third kappa shape index (κ3) is 3.51. The van der Waals surface area contributed by atoms with Gasteiger partial charge < -0.3 is 15.3 Å². The van der Waals surface area contributed by atoms with E-state index in [1.807, 2.05) is 0 Å². The number of likely N-dealkylation sites (tertiary alicyclic amines) is 1. The first-order chi connectivity index (χ1) is 9.06. The van der Waals surface area contributed by atoms with Gasteiger partial charge in [0.2, 0.25) is 0 Å². The third-order valence-electron chi connectivity index (χ3n) is 3.01. The molecule has 1 fully saturated rings. The fourth-order valence-corrected chi connectivity index (χ4v) is 2.07. The number of aryl methyl sites for hydroxylation is 1. The van der Waals surface area contributed by atoms with Gasteiger partial charge in [-0.1, -0.05) is 6.07 Å². The van der Waals surface area contributed by atoms with E-state index in [1.54, 1.807) is 25.1 Å². The normalized spacial score (nSPS) is 19.1. The van der Waals surface area contributed by atoms with Crippen molar-refractivity contribution in [3.63, 3.8) is 0 Å². The molecule has 1 aromatic heterocycles. The Labute approximate surface area is 111 Å². The highest BCUT2D eigenvalue weighted by molar-refractivity contribution is 6.39. The Hall–Kier alpha value is -1.95. The predicted octanol–water partition coefficient (Wildman–Crippen LogP) is 0.312. The van der Waals surface area contributed by atoms with Crippen LogP contribution in [-0.4, -0.2) is 46.0 Å². The molecule has 0 radical (unpaired) electrons. The minimum atomic E-state index is -0.716. The summed E-state index contributed by atoms with van der Waals surface area (Å²) in [7, 11) is 0. The number of amides is 2. The Morgan fingerprint density at radius 2 is 2.26 bits per heavy atom. The number of hydrogen-bond acceptors (Lipinski definition) is 4. The number of nitrogens with zero attached hydrogens (tertiary/aromatic N) is 2. The molecule has 0 saturated carbocycles. The van der Waals surface area contributed by atoms with Gasteiger partial charge in [0.05, 0.1) is 6.10 Å². The molecule has 1 atom stereocenters. The SMILES string of the molecule is Cc1cccc(NC(=O)C(=O)N2CCC[C@@H](O)C2)n1. The number of pyridine rings is 1. The molecule has 1 aliphatic rings. The number of piperidine rings is 1. The minimum Gasteiger partial charge on any atom is -0.391 e. The van der Waals surface area contributed by atoms with Gasteiger partial charge in [0, 0.05) is 18.8 Å². The van der Waals surface area contributed by atoms with Gasteiger partial charge in [-0.3, -0.25) is 9.59 Å². The maximum absolute atomic E-state index is 11.9. The van der Waals surface area contributed by atoms with Crippen molar-refractivity contribution in [2.24, 2.45) is 0 Å². The smallest absolute Gasteiger partial charge is 0.315 e. The molecule has 102 valence electrons. The fourth-order valence-electron chi connectivity index (χ4n) is 2.07. The van der Waals surface area contributed by atoms with Crippen LogP contribution in [0, 0.1) is 6.92 Å². The van der Waals surface area contributed by atoms with E-state index in [2.05, 4.69) is 10.3 Å². The average molecular weight is 263 g/mol. The van der Waals surface area contributed by atoms with E-state index in [0.29, 0.717) is 25.2 Å². The molecule has 0 aliphatic carbocycles. The lowest BCUT2D eigenvalue weighted by molar-refractivity contribution is -0.145. The summed E-state index contributed by atoms with van der Waals surface area (Å²) in [4.78, 5) is 29.2. The number of carbonyl (C=O) groups excluding carboxylic acids is 2. The lowest BCUT2D eigenvalue weighted by atomic mass is 10.1. The van der Waals surface area contributed by atoms with Gasteiger partial charge in [-0.25, -0.2) is 4.98 Å². The maximum Gasteiger partial charge on any atom is 0.315 e. The van der Waals surface area contributed by atoms with Gasteiger partial charge in [0.25, 0.3) is 0 Å². The number of carbonyl (C=O) groups is 2. The van der Waals surface area contributed by atoms with Crippen LogP contribution in [0.2, 0.25) is 0 Å². The quantitative estimate of drug-likeness (QED) is 0.714. The maximum atomic E-state index is 11.9. The predicted molar refractivity (Wildman–Crippen MR) is 69.4 cm³/mol. The molecule has 0 bridgehead atoms. The van der Waals surface area contributed by atoms with Crippen LogP contribution >= 0.6 is 0 Å². The highest BCUT2D eigenvalue weighted by Crippen LogP contribution is 2.11. The molecule has 2 heterocycles. The van der Waals surface area contributed by atoms with Gasteiger partial charge in [-0.15, -0.1) is 0 Å². The number of rotatable bonds is 1. The Morgan fingerprint density at radius 3 is 2.95 bits per heavy atom. The zero-order chi connectivity index (χ0) is 13.8. The fraction of sp³-hybridized carbons (Fsp3) is 0.462. The van der Waals surface area contributed by atoms with Gasteiger partial charge in [-0.05, 0) is 31.9 Å². The molecule has 1 saturated heterocycles. The first-order valence-corrected chi connectivity index (χ1v) is 6.28. The summed E-state index contributed by atoms with van der Waals surface area (Å²) in [6.45, 7) is 2.52. The van der Waals surface area contributed by atoms with Gasteiger partial charge in [0.1, 0.15) is 5.82 Å². The summed E-state index contributed by atoms with van der Waals surface area (Å²) in [5.41, 5.74) is 0.763. The Bertz CT molecular complexity index is 490. The van der Waals surface area contributed by atoms with Crippen LogP contribution in [0.5, 0.6) is 0 Å². The molecule has 6 heteroatoms. The molecule has 2 N–H and O–H groups in total. The van der Waals surface area contributed by atoms with E-state index in [9.17, 15) is 14.7 Å². The van der Waals surface area contributed by atoms with E-state index in [-0.39, 0.29) is 6.54 Å². The summed E-state index contributed by atoms with van der Waals surface area (Å²) < 4.78 is 0. The molecular weight excluding hydrogens is 246 g/mol. The lowest BCUT2D eigenvalue weighted by Crippen LogP contribution is -2.46. The number of β-amino-alcohol motifs (C(OH)–C–C–N with tert-alkyl or cyclic N) is 1. The summed E-state index contributed by atoms with van der Waals surface area (Å²) >= 11 is 0. The molecule has 1 aromatic rings. The van der Waals surface area contributed by atoms with Crippen LogP contribution in [0.3, 0.4) is 0 Å². The van der Waals surface area contributed by atoms with E-state index in [1.165, 1.54) is 4.90 Å². The van der Waals surface area contributed by atoms with Crippen molar-refractivity contribution in [1.82, 2.24) is 9.88 Å². The second-order valence-electron chi connectivity index (χ2n) is 4.67. The van der Waals surface area contributed by atoms with Crippen molar-refractivity contribution in [2.75, 3.05) is 18.4 Å². The molecule has 1 aliphatic heterocycles. The minimum absolute atomic E-state index is 0.216. The molecule has 0 unspecified atom stereocenters. The average Bonchev–Trinajstić information content (AvgIpc) is 2.38. The monoisotopic (exact) mass is 263 g/mol. The van der Waals surface area contributed by atoms with E-state index in [0.717, 1.165) is 5.69 Å². The molecule has 0 aromatic carbocycles. The topological polar surface area (TPSA) is 82.5 Å². The summed E-state index contributed by atoms with van der Waals surface area (Å²) in [6.07, 6.45) is 0.843. The number of aromatic nitrogens is 1. The second kappa shape index (κ2) is 5.79. The van der Waals surface area contributed by atoms with Crippen LogP contribution < -0.4 is 5.32 Å². The molecule has 2 amide bonds. The molecule has 0 spiro atoms. The van der Waals surface area contributed by atoms with Crippen molar-refractivity contribution < 1.29 is 14.7 Å². The van der Waals surface area contributed by atoms with Crippen LogP contribution in [-0.2, 0) is 9.59 Å².